The summed E-state index contributed by atoms with van der Waals surface area (Å²) in [6.45, 7) is 0. The van der Waals surface area contributed by atoms with E-state index in [0.29, 0.717) is 6.41 Å². The molecule has 8 heteroatoms. The van der Waals surface area contributed by atoms with E-state index in [4.69, 9.17) is 15.2 Å². The molecule has 0 fully saturated rings. The van der Waals surface area contributed by atoms with E-state index in [9.17, 15) is 14.7 Å². The Morgan fingerprint density at radius 2 is 2.11 bits per heavy atom. The largest absolute Gasteiger partial charge is 0.507 e. The van der Waals surface area contributed by atoms with Gasteiger partial charge in [0.05, 0.1) is 5.94 Å². The van der Waals surface area contributed by atoms with Crippen molar-refractivity contribution in [3.8, 4) is 5.75 Å². The number of para-hydroxylation sites is 1. The number of hydrogen-bond acceptors (Lipinski definition) is 5. The molecule has 5 N–H and O–H groups in total. The predicted octanol–water partition coefficient (Wildman–Crippen LogP) is -1.24. The lowest BCUT2D eigenvalue weighted by molar-refractivity contribution is -0.109. The van der Waals surface area contributed by atoms with E-state index >= 15 is 0 Å². The van der Waals surface area contributed by atoms with Gasteiger partial charge < -0.3 is 25.6 Å². The maximum atomic E-state index is 10.8. The minimum absolute atomic E-state index is 0.108. The number of nitrogens with one attached hydrogen (secondary N) is 1. The average molecular weight is 253 g/mol. The number of aromatic carboxylic acids is 1. The maximum absolute atomic E-state index is 10.8. The van der Waals surface area contributed by atoms with Crippen LogP contribution in [0.2, 0.25) is 0 Å². The highest BCUT2D eigenvalue weighted by atomic mass is 16.4. The zero-order valence-corrected chi connectivity index (χ0v) is 9.28. The quantitative estimate of drug-likeness (QED) is 0.318. The number of phenols is 1. The second-order valence-corrected chi connectivity index (χ2v) is 3.63. The van der Waals surface area contributed by atoms with Crippen molar-refractivity contribution in [1.82, 2.24) is 5.32 Å². The van der Waals surface area contributed by atoms with Gasteiger partial charge in [0.1, 0.15) is 11.3 Å². The van der Waals surface area contributed by atoms with E-state index in [2.05, 4.69) is 5.32 Å². The molecule has 1 amide bonds. The van der Waals surface area contributed by atoms with Gasteiger partial charge in [0.15, 0.2) is 0 Å². The molecule has 0 aliphatic rings. The molecule has 7 nitrogen and oxygen atoms in total. The summed E-state index contributed by atoms with van der Waals surface area (Å²) in [5.41, 5.74) is -0.0906. The van der Waals surface area contributed by atoms with Crippen LogP contribution in [0, 0.1) is 0 Å². The van der Waals surface area contributed by atoms with E-state index in [1.165, 1.54) is 18.2 Å². The summed E-state index contributed by atoms with van der Waals surface area (Å²) >= 11 is 0. The lowest BCUT2D eigenvalue weighted by Gasteiger charge is -2.16. The van der Waals surface area contributed by atoms with Gasteiger partial charge in [-0.25, -0.2) is 4.79 Å². The zero-order valence-electron chi connectivity index (χ0n) is 9.28. The van der Waals surface area contributed by atoms with Crippen LogP contribution in [0.1, 0.15) is 15.9 Å². The van der Waals surface area contributed by atoms with Crippen LogP contribution in [0.25, 0.3) is 0 Å². The fourth-order valence-electron chi connectivity index (χ4n) is 1.50. The topological polar surface area (TPSA) is 127 Å². The number of hydrogen-bond donors (Lipinski definition) is 5. The Morgan fingerprint density at radius 3 is 2.61 bits per heavy atom. The van der Waals surface area contributed by atoms with Gasteiger partial charge in [-0.15, -0.1) is 0 Å². The molecule has 0 bridgehead atoms. The van der Waals surface area contributed by atoms with Crippen molar-refractivity contribution >= 4 is 19.5 Å². The van der Waals surface area contributed by atoms with Crippen molar-refractivity contribution in [1.29, 1.82) is 0 Å². The molecule has 1 unspecified atom stereocenters. The molecule has 1 aromatic carbocycles. The normalized spacial score (nSPS) is 11.7. The van der Waals surface area contributed by atoms with Crippen molar-refractivity contribution in [2.75, 3.05) is 0 Å². The van der Waals surface area contributed by atoms with Crippen molar-refractivity contribution in [3.05, 3.63) is 29.3 Å². The highest BCUT2D eigenvalue weighted by molar-refractivity contribution is 6.43. The molecule has 0 aliphatic carbocycles. The van der Waals surface area contributed by atoms with Gasteiger partial charge >= 0.3 is 13.1 Å². The number of amides is 1. The van der Waals surface area contributed by atoms with Crippen molar-refractivity contribution in [2.45, 2.75) is 12.4 Å². The number of carbonyl (C=O) groups excluding carboxylic acids is 1. The molecule has 0 aliphatic heterocycles. The Balaban J connectivity index is 2.99. The highest BCUT2D eigenvalue weighted by Gasteiger charge is 2.25. The van der Waals surface area contributed by atoms with Crippen LogP contribution in [-0.2, 0) is 11.2 Å². The molecule has 1 aromatic rings. The maximum Gasteiger partial charge on any atom is 0.475 e. The van der Waals surface area contributed by atoms with E-state index in [1.54, 1.807) is 0 Å². The number of carboxylic acid groups (broad SMARTS) is 1. The molecular weight excluding hydrogens is 241 g/mol. The molecular formula is C10H12BNO6. The van der Waals surface area contributed by atoms with Crippen LogP contribution < -0.4 is 5.32 Å². The lowest BCUT2D eigenvalue weighted by Crippen LogP contribution is -2.44. The van der Waals surface area contributed by atoms with Gasteiger partial charge in [0, 0.05) is 0 Å². The van der Waals surface area contributed by atoms with Crippen LogP contribution in [0.3, 0.4) is 0 Å². The van der Waals surface area contributed by atoms with Crippen LogP contribution in [0.4, 0.5) is 0 Å². The zero-order chi connectivity index (χ0) is 13.7. The Bertz CT molecular complexity index is 450. The van der Waals surface area contributed by atoms with Gasteiger partial charge in [-0.2, -0.15) is 0 Å². The number of carboxylic acids is 1. The molecule has 1 rings (SSSR count). The first-order chi connectivity index (χ1) is 8.47. The van der Waals surface area contributed by atoms with Crippen LogP contribution in [0.5, 0.6) is 5.75 Å². The molecule has 0 saturated heterocycles. The van der Waals surface area contributed by atoms with Gasteiger partial charge in [0.2, 0.25) is 6.41 Å². The fourth-order valence-corrected chi connectivity index (χ4v) is 1.50. The van der Waals surface area contributed by atoms with Gasteiger partial charge in [-0.3, -0.25) is 4.79 Å². The summed E-state index contributed by atoms with van der Waals surface area (Å²) in [6, 6.07) is 4.07. The van der Waals surface area contributed by atoms with E-state index in [0.717, 1.165) is 0 Å². The minimum atomic E-state index is -1.82. The number of carbonyl (C=O) groups is 2. The number of benzene rings is 1. The first kappa shape index (κ1) is 14.0. The Morgan fingerprint density at radius 1 is 1.44 bits per heavy atom. The van der Waals surface area contributed by atoms with Gasteiger partial charge in [-0.1, -0.05) is 12.1 Å². The summed E-state index contributed by atoms with van der Waals surface area (Å²) in [5, 5.41) is 38.7. The molecule has 18 heavy (non-hydrogen) atoms. The smallest absolute Gasteiger partial charge is 0.475 e. The second-order valence-electron chi connectivity index (χ2n) is 3.63. The first-order valence-corrected chi connectivity index (χ1v) is 5.07. The second kappa shape index (κ2) is 6.03. The minimum Gasteiger partial charge on any atom is -0.507 e. The van der Waals surface area contributed by atoms with E-state index < -0.39 is 24.8 Å². The summed E-state index contributed by atoms with van der Waals surface area (Å²) in [5.74, 6) is -2.78. The first-order valence-electron chi connectivity index (χ1n) is 5.07. The molecule has 0 radical (unpaired) electrons. The van der Waals surface area contributed by atoms with Crippen LogP contribution in [-0.4, -0.2) is 45.7 Å². The Hall–Kier alpha value is -2.06. The average Bonchev–Trinajstić information content (AvgIpc) is 2.30. The summed E-state index contributed by atoms with van der Waals surface area (Å²) in [6.07, 6.45) is 0.186. The van der Waals surface area contributed by atoms with Crippen molar-refractivity contribution in [2.24, 2.45) is 0 Å². The number of rotatable bonds is 6. The third-order valence-corrected chi connectivity index (χ3v) is 2.43. The summed E-state index contributed by atoms with van der Waals surface area (Å²) < 4.78 is 0. The van der Waals surface area contributed by atoms with E-state index in [-0.39, 0.29) is 17.5 Å². The van der Waals surface area contributed by atoms with E-state index in [1.807, 2.05) is 0 Å². The fraction of sp³-hybridized carbons (Fsp3) is 0.200. The standard InChI is InChI=1S/C10H12BNO6/c13-5-12-8(11(17)18)4-6-2-1-3-7(9(6)14)10(15)16/h1-3,5,8,14,17-18H,4H2,(H,12,13)(H,15,16). The molecule has 0 aromatic heterocycles. The molecule has 0 heterocycles. The Labute approximate surface area is 103 Å². The lowest BCUT2D eigenvalue weighted by atomic mass is 9.76. The molecule has 96 valence electrons. The van der Waals surface area contributed by atoms with Crippen LogP contribution in [0.15, 0.2) is 18.2 Å². The monoisotopic (exact) mass is 253 g/mol. The van der Waals surface area contributed by atoms with Crippen molar-refractivity contribution in [3.63, 3.8) is 0 Å². The summed E-state index contributed by atoms with van der Waals surface area (Å²) in [4.78, 5) is 21.1. The molecule has 1 atom stereocenters. The molecule has 0 spiro atoms. The third-order valence-electron chi connectivity index (χ3n) is 2.43. The van der Waals surface area contributed by atoms with Gasteiger partial charge in [0.25, 0.3) is 0 Å². The van der Waals surface area contributed by atoms with Crippen LogP contribution >= 0.6 is 0 Å². The molecule has 0 saturated carbocycles. The third kappa shape index (κ3) is 3.22. The highest BCUT2D eigenvalue weighted by Crippen LogP contribution is 2.23. The van der Waals surface area contributed by atoms with Crippen molar-refractivity contribution < 1.29 is 29.9 Å². The van der Waals surface area contributed by atoms with Gasteiger partial charge in [-0.05, 0) is 18.1 Å². The predicted molar refractivity (Wildman–Crippen MR) is 61.9 cm³/mol. The number of aromatic hydroxyl groups is 1. The Kier molecular flexibility index (Phi) is 4.70. The SMILES string of the molecule is O=CNC(Cc1cccc(C(=O)O)c1O)B(O)O. The summed E-state index contributed by atoms with van der Waals surface area (Å²) in [7, 11) is -1.82.